The van der Waals surface area contributed by atoms with Gasteiger partial charge in [0.05, 0.1) is 16.9 Å². The first kappa shape index (κ1) is 22.5. The highest BCUT2D eigenvalue weighted by Crippen LogP contribution is 2.32. The van der Waals surface area contributed by atoms with Gasteiger partial charge in [0.15, 0.2) is 0 Å². The van der Waals surface area contributed by atoms with Crippen molar-refractivity contribution in [2.75, 3.05) is 30.8 Å². The van der Waals surface area contributed by atoms with Crippen LogP contribution in [0.4, 0.5) is 21.6 Å². The quantitative estimate of drug-likeness (QED) is 0.386. The second-order valence-corrected chi connectivity index (χ2v) is 8.49. The normalized spacial score (nSPS) is 15.8. The van der Waals surface area contributed by atoms with Gasteiger partial charge in [-0.25, -0.2) is 14.4 Å². The molecule has 2 aromatic carbocycles. The van der Waals surface area contributed by atoms with Crippen molar-refractivity contribution in [1.82, 2.24) is 19.3 Å². The fourth-order valence-corrected chi connectivity index (χ4v) is 4.13. The highest BCUT2D eigenvalue weighted by molar-refractivity contribution is 6.00. The molecule has 1 aliphatic heterocycles. The molecule has 2 N–H and O–H groups in total. The van der Waals surface area contributed by atoms with Crippen molar-refractivity contribution < 1.29 is 13.9 Å². The third-order valence-corrected chi connectivity index (χ3v) is 5.86. The van der Waals surface area contributed by atoms with E-state index >= 15 is 0 Å². The molecule has 1 amide bonds. The summed E-state index contributed by atoms with van der Waals surface area (Å²) < 4.78 is 21.7. The number of halogens is 1. The molecular weight excluding hydrogens is 447 g/mol. The molecule has 0 bridgehead atoms. The summed E-state index contributed by atoms with van der Waals surface area (Å²) in [5.74, 6) is 0.521. The predicted molar refractivity (Wildman–Crippen MR) is 133 cm³/mol. The van der Waals surface area contributed by atoms with Crippen LogP contribution in [0.15, 0.2) is 73.8 Å². The number of amides is 1. The number of rotatable bonds is 7. The minimum absolute atomic E-state index is 0.0605. The van der Waals surface area contributed by atoms with E-state index in [0.29, 0.717) is 34.2 Å². The molecule has 8 nitrogen and oxygen atoms in total. The Morgan fingerprint density at radius 2 is 2.06 bits per heavy atom. The topological polar surface area (TPSA) is 83.8 Å². The lowest BCUT2D eigenvalue weighted by Crippen LogP contribution is -2.22. The van der Waals surface area contributed by atoms with E-state index in [0.717, 1.165) is 25.0 Å². The van der Waals surface area contributed by atoms with Gasteiger partial charge in [-0.1, -0.05) is 18.7 Å². The van der Waals surface area contributed by atoms with Gasteiger partial charge >= 0.3 is 0 Å². The Morgan fingerprint density at radius 1 is 1.20 bits per heavy atom. The Labute approximate surface area is 202 Å². The maximum Gasteiger partial charge on any atom is 0.247 e. The molecule has 1 saturated heterocycles. The Kier molecular flexibility index (Phi) is 6.15. The summed E-state index contributed by atoms with van der Waals surface area (Å²) in [7, 11) is 2.06. The second-order valence-electron chi connectivity index (χ2n) is 8.49. The number of likely N-dealkylation sites (N-methyl/N-ethyl adjacent to an activating group) is 1. The average Bonchev–Trinajstić information content (AvgIpc) is 3.46. The number of imidazole rings is 1. The molecule has 2 aromatic heterocycles. The summed E-state index contributed by atoms with van der Waals surface area (Å²) >= 11 is 0. The molecule has 9 heteroatoms. The summed E-state index contributed by atoms with van der Waals surface area (Å²) in [4.78, 5) is 23.1. The third kappa shape index (κ3) is 4.99. The van der Waals surface area contributed by atoms with Crippen molar-refractivity contribution in [1.29, 1.82) is 0 Å². The lowest BCUT2D eigenvalue weighted by atomic mass is 10.1. The predicted octanol–water partition coefficient (Wildman–Crippen LogP) is 4.49. The number of likely N-dealkylation sites (tertiary alicyclic amines) is 1. The molecule has 0 spiro atoms. The lowest BCUT2D eigenvalue weighted by Gasteiger charge is -2.18. The van der Waals surface area contributed by atoms with Crippen molar-refractivity contribution in [2.45, 2.75) is 12.5 Å². The largest absolute Gasteiger partial charge is 0.487 e. The number of nitrogens with one attached hydrogen (secondary N) is 2. The maximum atomic E-state index is 13.8. The van der Waals surface area contributed by atoms with Crippen LogP contribution in [0, 0.1) is 5.82 Å². The maximum absolute atomic E-state index is 13.8. The van der Waals surface area contributed by atoms with Gasteiger partial charge in [0, 0.05) is 30.4 Å². The fraction of sp³-hybridized carbons (Fsp3) is 0.192. The molecule has 1 unspecified atom stereocenters. The zero-order chi connectivity index (χ0) is 24.4. The molecule has 5 rings (SSSR count). The van der Waals surface area contributed by atoms with Crippen molar-refractivity contribution in [3.05, 3.63) is 79.7 Å². The van der Waals surface area contributed by atoms with Crippen LogP contribution in [-0.2, 0) is 4.79 Å². The van der Waals surface area contributed by atoms with E-state index < -0.39 is 0 Å². The number of carbonyl (C=O) groups is 1. The van der Waals surface area contributed by atoms with E-state index in [4.69, 9.17) is 4.74 Å². The van der Waals surface area contributed by atoms with Gasteiger partial charge in [-0.2, -0.15) is 0 Å². The van der Waals surface area contributed by atoms with Crippen LogP contribution >= 0.6 is 0 Å². The van der Waals surface area contributed by atoms with E-state index in [1.165, 1.54) is 18.2 Å². The Morgan fingerprint density at radius 3 is 2.83 bits per heavy atom. The average molecular weight is 473 g/mol. The second kappa shape index (κ2) is 9.55. The number of hydrogen-bond donors (Lipinski definition) is 2. The molecule has 178 valence electrons. The first-order valence-corrected chi connectivity index (χ1v) is 11.3. The van der Waals surface area contributed by atoms with E-state index in [1.54, 1.807) is 29.2 Å². The molecule has 1 fully saturated rings. The van der Waals surface area contributed by atoms with E-state index in [-0.39, 0.29) is 17.8 Å². The van der Waals surface area contributed by atoms with Gasteiger partial charge < -0.3 is 20.3 Å². The number of anilines is 3. The SMILES string of the molecule is C=CC(=O)Nc1cc(Nc2cc3c(-c4cccc(F)c4)ncn3cn2)ccc1OC1CCN(C)C1. The van der Waals surface area contributed by atoms with Crippen molar-refractivity contribution in [3.8, 4) is 17.0 Å². The van der Waals surface area contributed by atoms with Crippen molar-refractivity contribution >= 4 is 28.6 Å². The Bertz CT molecular complexity index is 1400. The molecule has 35 heavy (non-hydrogen) atoms. The van der Waals surface area contributed by atoms with Crippen LogP contribution in [0.3, 0.4) is 0 Å². The van der Waals surface area contributed by atoms with Gasteiger partial charge in [-0.05, 0) is 49.9 Å². The number of carbonyl (C=O) groups excluding carboxylic acids is 1. The fourth-order valence-electron chi connectivity index (χ4n) is 4.13. The minimum Gasteiger partial charge on any atom is -0.487 e. The summed E-state index contributed by atoms with van der Waals surface area (Å²) in [6, 6.07) is 13.7. The van der Waals surface area contributed by atoms with Crippen LogP contribution in [0.1, 0.15) is 6.42 Å². The van der Waals surface area contributed by atoms with Crippen LogP contribution in [0.25, 0.3) is 16.8 Å². The lowest BCUT2D eigenvalue weighted by molar-refractivity contribution is -0.111. The molecular formula is C26H25FN6O2. The van der Waals surface area contributed by atoms with Gasteiger partial charge in [0.2, 0.25) is 5.91 Å². The van der Waals surface area contributed by atoms with Gasteiger partial charge in [-0.15, -0.1) is 0 Å². The van der Waals surface area contributed by atoms with Gasteiger partial charge in [0.25, 0.3) is 0 Å². The van der Waals surface area contributed by atoms with Crippen LogP contribution in [-0.4, -0.2) is 51.4 Å². The summed E-state index contributed by atoms with van der Waals surface area (Å²) in [5, 5.41) is 6.10. The van der Waals surface area contributed by atoms with Crippen LogP contribution < -0.4 is 15.4 Å². The van der Waals surface area contributed by atoms with Crippen molar-refractivity contribution in [2.24, 2.45) is 0 Å². The number of benzene rings is 2. The monoisotopic (exact) mass is 472 g/mol. The molecule has 0 radical (unpaired) electrons. The molecule has 1 aliphatic rings. The van der Waals surface area contributed by atoms with E-state index in [2.05, 4.69) is 39.1 Å². The summed E-state index contributed by atoms with van der Waals surface area (Å²) in [6.07, 6.45) is 5.49. The van der Waals surface area contributed by atoms with E-state index in [1.807, 2.05) is 24.3 Å². The first-order valence-electron chi connectivity index (χ1n) is 11.3. The summed E-state index contributed by atoms with van der Waals surface area (Å²) in [6.45, 7) is 5.34. The van der Waals surface area contributed by atoms with Gasteiger partial charge in [0.1, 0.15) is 36.1 Å². The van der Waals surface area contributed by atoms with Crippen molar-refractivity contribution in [3.63, 3.8) is 0 Å². The van der Waals surface area contributed by atoms with Gasteiger partial charge in [-0.3, -0.25) is 9.20 Å². The van der Waals surface area contributed by atoms with E-state index in [9.17, 15) is 9.18 Å². The van der Waals surface area contributed by atoms with Crippen LogP contribution in [0.2, 0.25) is 0 Å². The Hall–Kier alpha value is -4.24. The molecule has 0 saturated carbocycles. The molecule has 3 heterocycles. The minimum atomic E-state index is -0.325. The zero-order valence-corrected chi connectivity index (χ0v) is 19.2. The highest BCUT2D eigenvalue weighted by Gasteiger charge is 2.22. The molecule has 0 aliphatic carbocycles. The highest BCUT2D eigenvalue weighted by atomic mass is 19.1. The first-order chi connectivity index (χ1) is 17.0. The Balaban J connectivity index is 1.43. The third-order valence-electron chi connectivity index (χ3n) is 5.86. The zero-order valence-electron chi connectivity index (χ0n) is 19.2. The molecule has 1 atom stereocenters. The number of fused-ring (bicyclic) bond motifs is 1. The number of aromatic nitrogens is 3. The number of nitrogens with zero attached hydrogens (tertiary/aromatic N) is 4. The molecule has 4 aromatic rings. The number of ether oxygens (including phenoxy) is 1. The smallest absolute Gasteiger partial charge is 0.247 e. The standard InChI is InChI=1S/C26H25FN6O2/c1-3-25(34)31-21-12-19(7-8-23(21)35-20-9-10-32(2)14-20)30-24-13-22-26(29-16-33(22)15-28-24)17-5-4-6-18(27)11-17/h3-8,11-13,15-16,20,30H,1,9-10,14H2,2H3,(H,31,34). The summed E-state index contributed by atoms with van der Waals surface area (Å²) in [5.41, 5.74) is 3.36. The van der Waals surface area contributed by atoms with Crippen LogP contribution in [0.5, 0.6) is 5.75 Å². The number of hydrogen-bond acceptors (Lipinski definition) is 6.